The maximum absolute atomic E-state index is 3.56. The number of aromatic nitrogens is 1. The fraction of sp³-hybridized carbons (Fsp3) is 0.429. The molecule has 1 aromatic heterocycles. The summed E-state index contributed by atoms with van der Waals surface area (Å²) in [6.45, 7) is 1.16. The summed E-state index contributed by atoms with van der Waals surface area (Å²) in [5, 5.41) is 4.94. The largest absolute Gasteiger partial charge is 0.361 e. The van der Waals surface area contributed by atoms with Gasteiger partial charge in [-0.15, -0.1) is 0 Å². The van der Waals surface area contributed by atoms with Crippen LogP contribution >= 0.6 is 0 Å². The van der Waals surface area contributed by atoms with Crippen LogP contribution in [0, 0.1) is 0 Å². The smallest absolute Gasteiger partial charge is 0.0456 e. The van der Waals surface area contributed by atoms with Crippen LogP contribution in [0.1, 0.15) is 24.8 Å². The van der Waals surface area contributed by atoms with Crippen molar-refractivity contribution < 1.29 is 0 Å². The van der Waals surface area contributed by atoms with E-state index in [1.807, 2.05) is 0 Å². The minimum absolute atomic E-state index is 0.836. The number of hydrogen-bond donors (Lipinski definition) is 2. The molecule has 3 rings (SSSR count). The van der Waals surface area contributed by atoms with Crippen molar-refractivity contribution >= 4 is 10.9 Å². The minimum Gasteiger partial charge on any atom is -0.361 e. The van der Waals surface area contributed by atoms with Crippen molar-refractivity contribution in [3.63, 3.8) is 0 Å². The van der Waals surface area contributed by atoms with Gasteiger partial charge in [0.2, 0.25) is 0 Å². The summed E-state index contributed by atoms with van der Waals surface area (Å²) in [5.41, 5.74) is 2.71. The molecule has 2 aromatic rings. The van der Waals surface area contributed by atoms with Gasteiger partial charge in [0.05, 0.1) is 0 Å². The fourth-order valence-corrected chi connectivity index (χ4v) is 2.21. The van der Waals surface area contributed by atoms with Crippen molar-refractivity contribution in [3.8, 4) is 0 Å². The first kappa shape index (κ1) is 9.91. The Bertz CT molecular complexity index is 468. The molecular formula is C14H18N2. The van der Waals surface area contributed by atoms with Crippen molar-refractivity contribution in [2.75, 3.05) is 6.54 Å². The van der Waals surface area contributed by atoms with E-state index >= 15 is 0 Å². The van der Waals surface area contributed by atoms with E-state index in [1.165, 1.54) is 42.1 Å². The van der Waals surface area contributed by atoms with Gasteiger partial charge in [0.15, 0.2) is 0 Å². The maximum Gasteiger partial charge on any atom is 0.0456 e. The SMILES string of the molecule is c1ccc2c(CCCNC3CC3)c[nH]c2c1. The molecule has 16 heavy (non-hydrogen) atoms. The zero-order valence-electron chi connectivity index (χ0n) is 9.50. The molecule has 1 aliphatic carbocycles. The second-order valence-electron chi connectivity index (χ2n) is 4.69. The number of rotatable bonds is 5. The van der Waals surface area contributed by atoms with Gasteiger partial charge in [-0.25, -0.2) is 0 Å². The third kappa shape index (κ3) is 2.12. The number of nitrogens with one attached hydrogen (secondary N) is 2. The molecule has 84 valence electrons. The highest BCUT2D eigenvalue weighted by Gasteiger charge is 2.19. The van der Waals surface area contributed by atoms with Crippen LogP contribution in [-0.4, -0.2) is 17.6 Å². The first-order valence-electron chi connectivity index (χ1n) is 6.22. The number of aryl methyl sites for hydroxylation is 1. The first-order valence-corrected chi connectivity index (χ1v) is 6.22. The van der Waals surface area contributed by atoms with Gasteiger partial charge >= 0.3 is 0 Å². The van der Waals surface area contributed by atoms with E-state index in [2.05, 4.69) is 40.8 Å². The summed E-state index contributed by atoms with van der Waals surface area (Å²) in [4.78, 5) is 3.33. The number of hydrogen-bond acceptors (Lipinski definition) is 1. The molecule has 0 atom stereocenters. The molecule has 1 aliphatic rings. The normalized spacial score (nSPS) is 15.8. The molecule has 0 aliphatic heterocycles. The third-order valence-corrected chi connectivity index (χ3v) is 3.31. The van der Waals surface area contributed by atoms with Crippen LogP contribution in [0.4, 0.5) is 0 Å². The summed E-state index contributed by atoms with van der Waals surface area (Å²) in [5.74, 6) is 0. The van der Waals surface area contributed by atoms with Crippen LogP contribution in [-0.2, 0) is 6.42 Å². The molecule has 0 unspecified atom stereocenters. The van der Waals surface area contributed by atoms with E-state index in [9.17, 15) is 0 Å². The summed E-state index contributed by atoms with van der Waals surface area (Å²) in [7, 11) is 0. The number of fused-ring (bicyclic) bond motifs is 1. The van der Waals surface area contributed by atoms with E-state index in [4.69, 9.17) is 0 Å². The van der Waals surface area contributed by atoms with Crippen molar-refractivity contribution in [2.45, 2.75) is 31.7 Å². The van der Waals surface area contributed by atoms with Gasteiger partial charge < -0.3 is 10.3 Å². The predicted octanol–water partition coefficient (Wildman–Crippen LogP) is 2.85. The van der Waals surface area contributed by atoms with Crippen LogP contribution < -0.4 is 5.32 Å². The maximum atomic E-state index is 3.56. The van der Waals surface area contributed by atoms with Crippen LogP contribution in [0.5, 0.6) is 0 Å². The van der Waals surface area contributed by atoms with Gasteiger partial charge in [-0.3, -0.25) is 0 Å². The molecule has 1 heterocycles. The van der Waals surface area contributed by atoms with Gasteiger partial charge in [0.1, 0.15) is 0 Å². The molecular weight excluding hydrogens is 196 g/mol. The molecule has 2 N–H and O–H groups in total. The number of benzene rings is 1. The second kappa shape index (κ2) is 4.30. The van der Waals surface area contributed by atoms with Crippen molar-refractivity contribution in [2.24, 2.45) is 0 Å². The molecule has 0 saturated heterocycles. The standard InChI is InChI=1S/C14H18N2/c1-2-6-14-13(5-1)11(10-16-14)4-3-9-15-12-7-8-12/h1-2,5-6,10,12,15-16H,3-4,7-9H2. The van der Waals surface area contributed by atoms with Crippen molar-refractivity contribution in [1.82, 2.24) is 10.3 Å². The molecule has 2 heteroatoms. The monoisotopic (exact) mass is 214 g/mol. The topological polar surface area (TPSA) is 27.8 Å². The average Bonchev–Trinajstić information content (AvgIpc) is 3.05. The molecule has 0 spiro atoms. The van der Waals surface area contributed by atoms with Gasteiger partial charge in [0, 0.05) is 23.1 Å². The summed E-state index contributed by atoms with van der Waals surface area (Å²) in [6.07, 6.45) is 7.32. The van der Waals surface area contributed by atoms with Gasteiger partial charge in [-0.05, 0) is 43.9 Å². The Morgan fingerprint density at radius 2 is 2.12 bits per heavy atom. The Morgan fingerprint density at radius 3 is 3.00 bits per heavy atom. The molecule has 1 fully saturated rings. The molecule has 0 radical (unpaired) electrons. The van der Waals surface area contributed by atoms with E-state index in [1.54, 1.807) is 0 Å². The lowest BCUT2D eigenvalue weighted by molar-refractivity contribution is 0.646. The van der Waals surface area contributed by atoms with E-state index in [-0.39, 0.29) is 0 Å². The Labute approximate surface area is 96.1 Å². The average molecular weight is 214 g/mol. The molecule has 0 bridgehead atoms. The molecule has 1 aromatic carbocycles. The van der Waals surface area contributed by atoms with Gasteiger partial charge in [-0.2, -0.15) is 0 Å². The van der Waals surface area contributed by atoms with Gasteiger partial charge in [0.25, 0.3) is 0 Å². The second-order valence-corrected chi connectivity index (χ2v) is 4.69. The van der Waals surface area contributed by atoms with Crippen LogP contribution in [0.25, 0.3) is 10.9 Å². The number of H-pyrrole nitrogens is 1. The zero-order chi connectivity index (χ0) is 10.8. The number of para-hydroxylation sites is 1. The highest BCUT2D eigenvalue weighted by Crippen LogP contribution is 2.20. The molecule has 2 nitrogen and oxygen atoms in total. The quantitative estimate of drug-likeness (QED) is 0.736. The Balaban J connectivity index is 1.60. The lowest BCUT2D eigenvalue weighted by atomic mass is 10.1. The predicted molar refractivity (Wildman–Crippen MR) is 67.6 cm³/mol. The fourth-order valence-electron chi connectivity index (χ4n) is 2.21. The van der Waals surface area contributed by atoms with E-state index in [0.717, 1.165) is 12.6 Å². The highest BCUT2D eigenvalue weighted by molar-refractivity contribution is 5.82. The lowest BCUT2D eigenvalue weighted by Crippen LogP contribution is -2.17. The third-order valence-electron chi connectivity index (χ3n) is 3.31. The summed E-state index contributed by atoms with van der Waals surface area (Å²) >= 11 is 0. The van der Waals surface area contributed by atoms with Crippen molar-refractivity contribution in [1.29, 1.82) is 0 Å². The number of aromatic amines is 1. The van der Waals surface area contributed by atoms with Crippen molar-refractivity contribution in [3.05, 3.63) is 36.0 Å². The molecule has 0 amide bonds. The van der Waals surface area contributed by atoms with E-state index < -0.39 is 0 Å². The Hall–Kier alpha value is -1.28. The Kier molecular flexibility index (Phi) is 2.66. The van der Waals surface area contributed by atoms with E-state index in [0.29, 0.717) is 0 Å². The van der Waals surface area contributed by atoms with Crippen LogP contribution in [0.3, 0.4) is 0 Å². The zero-order valence-corrected chi connectivity index (χ0v) is 9.50. The summed E-state index contributed by atoms with van der Waals surface area (Å²) in [6, 6.07) is 9.37. The first-order chi connectivity index (χ1) is 7.93. The van der Waals surface area contributed by atoms with Crippen LogP contribution in [0.2, 0.25) is 0 Å². The summed E-state index contributed by atoms with van der Waals surface area (Å²) < 4.78 is 0. The highest BCUT2D eigenvalue weighted by atomic mass is 14.9. The minimum atomic E-state index is 0.836. The van der Waals surface area contributed by atoms with Crippen LogP contribution in [0.15, 0.2) is 30.5 Å². The lowest BCUT2D eigenvalue weighted by Gasteiger charge is -2.01. The molecule has 1 saturated carbocycles. The van der Waals surface area contributed by atoms with Gasteiger partial charge in [-0.1, -0.05) is 18.2 Å². The Morgan fingerprint density at radius 1 is 1.25 bits per heavy atom.